The molecule has 1 aromatic carbocycles. The van der Waals surface area contributed by atoms with E-state index in [1.807, 2.05) is 48.7 Å². The van der Waals surface area contributed by atoms with Gasteiger partial charge >= 0.3 is 0 Å². The standard InChI is InChI=1S/C19H19N3O3S2/c1-15-4-6-16(7-5-15)10-14-27(24,25)20-11-12-22-19(23)9-8-17(21-22)18-3-2-13-26-18/h2-10,13-14,20H,11-12H2,1H3/b14-10+. The van der Waals surface area contributed by atoms with Crippen LogP contribution in [0.3, 0.4) is 0 Å². The van der Waals surface area contributed by atoms with Crippen molar-refractivity contribution in [2.45, 2.75) is 13.5 Å². The molecule has 140 valence electrons. The molecular formula is C19H19N3O3S2. The molecule has 0 fully saturated rings. The Morgan fingerprint density at radius 3 is 2.63 bits per heavy atom. The second-order valence-corrected chi connectivity index (χ2v) is 8.51. The van der Waals surface area contributed by atoms with Crippen molar-refractivity contribution in [1.82, 2.24) is 14.5 Å². The summed E-state index contributed by atoms with van der Waals surface area (Å²) in [6.45, 7) is 2.19. The SMILES string of the molecule is Cc1ccc(/C=C/S(=O)(=O)NCCn2nc(-c3cccs3)ccc2=O)cc1. The van der Waals surface area contributed by atoms with Crippen LogP contribution in [0.25, 0.3) is 16.6 Å². The molecule has 0 aliphatic carbocycles. The van der Waals surface area contributed by atoms with Crippen LogP contribution in [0.4, 0.5) is 0 Å². The Bertz CT molecular complexity index is 1080. The van der Waals surface area contributed by atoms with Gasteiger partial charge in [-0.3, -0.25) is 4.79 Å². The van der Waals surface area contributed by atoms with E-state index >= 15 is 0 Å². The fourth-order valence-corrected chi connectivity index (χ4v) is 3.85. The van der Waals surface area contributed by atoms with Crippen LogP contribution in [-0.2, 0) is 16.6 Å². The number of hydrogen-bond acceptors (Lipinski definition) is 5. The Morgan fingerprint density at radius 1 is 1.15 bits per heavy atom. The highest BCUT2D eigenvalue weighted by Gasteiger charge is 2.07. The van der Waals surface area contributed by atoms with E-state index in [9.17, 15) is 13.2 Å². The van der Waals surface area contributed by atoms with Gasteiger partial charge in [-0.1, -0.05) is 35.9 Å². The highest BCUT2D eigenvalue weighted by atomic mass is 32.2. The quantitative estimate of drug-likeness (QED) is 0.660. The molecule has 0 saturated heterocycles. The van der Waals surface area contributed by atoms with E-state index in [1.54, 1.807) is 6.07 Å². The topological polar surface area (TPSA) is 81.1 Å². The third kappa shape index (κ3) is 5.46. The summed E-state index contributed by atoms with van der Waals surface area (Å²) in [4.78, 5) is 12.9. The van der Waals surface area contributed by atoms with Crippen LogP contribution in [0.15, 0.2) is 64.1 Å². The molecule has 0 amide bonds. The highest BCUT2D eigenvalue weighted by Crippen LogP contribution is 2.20. The van der Waals surface area contributed by atoms with Crippen molar-refractivity contribution >= 4 is 27.4 Å². The van der Waals surface area contributed by atoms with E-state index in [1.165, 1.54) is 28.2 Å². The highest BCUT2D eigenvalue weighted by molar-refractivity contribution is 7.92. The summed E-state index contributed by atoms with van der Waals surface area (Å²) in [6, 6.07) is 14.5. The lowest BCUT2D eigenvalue weighted by Gasteiger charge is -2.07. The predicted molar refractivity (Wildman–Crippen MR) is 109 cm³/mol. The molecule has 27 heavy (non-hydrogen) atoms. The van der Waals surface area contributed by atoms with Crippen LogP contribution >= 0.6 is 11.3 Å². The van der Waals surface area contributed by atoms with Gasteiger partial charge in [0.2, 0.25) is 10.0 Å². The van der Waals surface area contributed by atoms with Crippen LogP contribution in [-0.4, -0.2) is 24.7 Å². The molecule has 3 rings (SSSR count). The van der Waals surface area contributed by atoms with E-state index in [-0.39, 0.29) is 18.6 Å². The summed E-state index contributed by atoms with van der Waals surface area (Å²) in [5.41, 5.74) is 2.32. The first-order valence-corrected chi connectivity index (χ1v) is 10.7. The third-order valence-corrected chi connectivity index (χ3v) is 5.78. The Labute approximate surface area is 161 Å². The molecule has 0 radical (unpaired) electrons. The summed E-state index contributed by atoms with van der Waals surface area (Å²) in [7, 11) is -3.60. The normalized spacial score (nSPS) is 11.9. The number of nitrogens with zero attached hydrogens (tertiary/aromatic N) is 2. The van der Waals surface area contributed by atoms with Crippen molar-refractivity contribution in [1.29, 1.82) is 0 Å². The van der Waals surface area contributed by atoms with Gasteiger partial charge in [0, 0.05) is 18.0 Å². The average molecular weight is 402 g/mol. The molecule has 0 aliphatic heterocycles. The number of benzene rings is 1. The molecule has 2 aromatic heterocycles. The first-order valence-electron chi connectivity index (χ1n) is 8.29. The van der Waals surface area contributed by atoms with Crippen LogP contribution in [0, 0.1) is 6.92 Å². The van der Waals surface area contributed by atoms with Crippen molar-refractivity contribution < 1.29 is 8.42 Å². The van der Waals surface area contributed by atoms with Gasteiger partial charge in [-0.05, 0) is 36.1 Å². The van der Waals surface area contributed by atoms with Gasteiger partial charge in [-0.15, -0.1) is 11.3 Å². The molecule has 0 aliphatic rings. The molecule has 8 heteroatoms. The second-order valence-electron chi connectivity index (χ2n) is 5.91. The number of sulfonamides is 1. The minimum atomic E-state index is -3.60. The third-order valence-electron chi connectivity index (χ3n) is 3.78. The van der Waals surface area contributed by atoms with Gasteiger partial charge in [-0.2, -0.15) is 5.10 Å². The fraction of sp³-hybridized carbons (Fsp3) is 0.158. The molecule has 6 nitrogen and oxygen atoms in total. The first-order chi connectivity index (χ1) is 12.9. The van der Waals surface area contributed by atoms with Crippen molar-refractivity contribution in [3.8, 4) is 10.6 Å². The van der Waals surface area contributed by atoms with E-state index < -0.39 is 10.0 Å². The van der Waals surface area contributed by atoms with Crippen LogP contribution in [0.1, 0.15) is 11.1 Å². The molecular weight excluding hydrogens is 382 g/mol. The minimum absolute atomic E-state index is 0.0708. The maximum atomic E-state index is 12.1. The fourth-order valence-electron chi connectivity index (χ4n) is 2.35. The lowest BCUT2D eigenvalue weighted by molar-refractivity contribution is 0.554. The summed E-state index contributed by atoms with van der Waals surface area (Å²) in [5.74, 6) is 0. The van der Waals surface area contributed by atoms with Gasteiger partial charge < -0.3 is 0 Å². The smallest absolute Gasteiger partial charge is 0.266 e. The van der Waals surface area contributed by atoms with E-state index in [4.69, 9.17) is 0 Å². The number of rotatable bonds is 7. The van der Waals surface area contributed by atoms with Crippen molar-refractivity contribution in [3.05, 3.63) is 80.8 Å². The Hall–Kier alpha value is -2.55. The summed E-state index contributed by atoms with van der Waals surface area (Å²) < 4.78 is 27.9. The molecule has 1 N–H and O–H groups in total. The maximum Gasteiger partial charge on any atom is 0.266 e. The lowest BCUT2D eigenvalue weighted by atomic mass is 10.2. The maximum absolute atomic E-state index is 12.1. The first kappa shape index (κ1) is 19.2. The van der Waals surface area contributed by atoms with Crippen LogP contribution in [0.2, 0.25) is 0 Å². The predicted octanol–water partition coefficient (Wildman–Crippen LogP) is 2.87. The zero-order valence-electron chi connectivity index (χ0n) is 14.7. The van der Waals surface area contributed by atoms with Crippen LogP contribution in [0.5, 0.6) is 0 Å². The average Bonchev–Trinajstić information content (AvgIpc) is 3.17. The summed E-state index contributed by atoms with van der Waals surface area (Å²) in [5, 5.41) is 7.35. The molecule has 0 spiro atoms. The summed E-state index contributed by atoms with van der Waals surface area (Å²) in [6.07, 6.45) is 1.53. The minimum Gasteiger partial charge on any atom is -0.268 e. The Kier molecular flexibility index (Phi) is 6.00. The van der Waals surface area contributed by atoms with Crippen molar-refractivity contribution in [2.75, 3.05) is 6.54 Å². The zero-order valence-corrected chi connectivity index (χ0v) is 16.3. The number of thiophene rings is 1. The number of hydrogen-bond donors (Lipinski definition) is 1. The molecule has 0 unspecified atom stereocenters. The lowest BCUT2D eigenvalue weighted by Crippen LogP contribution is -2.31. The molecule has 0 bridgehead atoms. The molecule has 2 heterocycles. The number of nitrogens with one attached hydrogen (secondary N) is 1. The van der Waals surface area contributed by atoms with E-state index in [0.717, 1.165) is 21.4 Å². The van der Waals surface area contributed by atoms with Gasteiger partial charge in [0.05, 0.1) is 11.4 Å². The van der Waals surface area contributed by atoms with Gasteiger partial charge in [0.15, 0.2) is 0 Å². The summed E-state index contributed by atoms with van der Waals surface area (Å²) >= 11 is 1.53. The Morgan fingerprint density at radius 2 is 1.93 bits per heavy atom. The molecule has 0 saturated carbocycles. The van der Waals surface area contributed by atoms with Crippen molar-refractivity contribution in [2.24, 2.45) is 0 Å². The Balaban J connectivity index is 1.62. The largest absolute Gasteiger partial charge is 0.268 e. The zero-order chi connectivity index (χ0) is 19.3. The van der Waals surface area contributed by atoms with Crippen LogP contribution < -0.4 is 10.3 Å². The van der Waals surface area contributed by atoms with E-state index in [2.05, 4.69) is 9.82 Å². The monoisotopic (exact) mass is 401 g/mol. The molecule has 3 aromatic rings. The second kappa shape index (κ2) is 8.43. The van der Waals surface area contributed by atoms with Gasteiger partial charge in [0.1, 0.15) is 5.69 Å². The number of aromatic nitrogens is 2. The van der Waals surface area contributed by atoms with Crippen molar-refractivity contribution in [3.63, 3.8) is 0 Å². The van der Waals surface area contributed by atoms with E-state index in [0.29, 0.717) is 5.69 Å². The number of aryl methyl sites for hydroxylation is 1. The van der Waals surface area contributed by atoms with Gasteiger partial charge in [0.25, 0.3) is 5.56 Å². The molecule has 0 atom stereocenters. The van der Waals surface area contributed by atoms with Gasteiger partial charge in [-0.25, -0.2) is 17.8 Å².